The summed E-state index contributed by atoms with van der Waals surface area (Å²) in [6.07, 6.45) is 0. The van der Waals surface area contributed by atoms with Gasteiger partial charge in [-0.3, -0.25) is 0 Å². The summed E-state index contributed by atoms with van der Waals surface area (Å²) in [6.45, 7) is 2.38. The zero-order chi connectivity index (χ0) is 14.1. The Balaban J connectivity index is 1.89. The normalized spacial score (nSPS) is 10.9. The van der Waals surface area contributed by atoms with Gasteiger partial charge < -0.3 is 9.88 Å². The Bertz CT molecular complexity index is 741. The number of nitrogens with zero attached hydrogens (tertiary/aromatic N) is 2. The van der Waals surface area contributed by atoms with Crippen molar-refractivity contribution in [2.45, 2.75) is 13.5 Å². The molecule has 3 aromatic rings. The lowest BCUT2D eigenvalue weighted by Gasteiger charge is -2.10. The van der Waals surface area contributed by atoms with Gasteiger partial charge in [0.25, 0.3) is 0 Å². The molecule has 0 bridgehead atoms. The highest BCUT2D eigenvalue weighted by molar-refractivity contribution is 5.75. The van der Waals surface area contributed by atoms with Gasteiger partial charge in [-0.25, -0.2) is 9.37 Å². The van der Waals surface area contributed by atoms with Crippen LogP contribution in [0.2, 0.25) is 0 Å². The van der Waals surface area contributed by atoms with Crippen LogP contribution in [0.4, 0.5) is 10.1 Å². The van der Waals surface area contributed by atoms with E-state index in [-0.39, 0.29) is 5.82 Å². The number of fused-ring (bicyclic) bond motifs is 1. The largest absolute Gasteiger partial charge is 0.375 e. The van der Waals surface area contributed by atoms with Crippen LogP contribution < -0.4 is 5.32 Å². The molecule has 0 aliphatic carbocycles. The van der Waals surface area contributed by atoms with Crippen molar-refractivity contribution in [1.82, 2.24) is 9.55 Å². The van der Waals surface area contributed by atoms with Gasteiger partial charge in [0.05, 0.1) is 23.3 Å². The lowest BCUT2D eigenvalue weighted by atomic mass is 10.2. The summed E-state index contributed by atoms with van der Waals surface area (Å²) < 4.78 is 15.8. The fourth-order valence-electron chi connectivity index (χ4n) is 2.38. The molecule has 0 amide bonds. The average Bonchev–Trinajstić information content (AvgIpc) is 2.76. The molecule has 1 aromatic heterocycles. The minimum atomic E-state index is -0.233. The van der Waals surface area contributed by atoms with E-state index in [4.69, 9.17) is 0 Å². The van der Waals surface area contributed by atoms with Crippen molar-refractivity contribution in [2.75, 3.05) is 5.32 Å². The smallest absolute Gasteiger partial charge is 0.146 e. The fourth-order valence-corrected chi connectivity index (χ4v) is 2.38. The topological polar surface area (TPSA) is 29.9 Å². The molecular formula is C16H16FN3. The third-order valence-corrected chi connectivity index (χ3v) is 3.52. The second-order valence-electron chi connectivity index (χ2n) is 4.86. The molecule has 2 aromatic carbocycles. The van der Waals surface area contributed by atoms with Gasteiger partial charge in [-0.05, 0) is 30.7 Å². The number of halogens is 1. The molecule has 0 fully saturated rings. The number of para-hydroxylation sites is 3. The quantitative estimate of drug-likeness (QED) is 0.786. The Morgan fingerprint density at radius 2 is 1.95 bits per heavy atom. The molecule has 3 nitrogen and oxygen atoms in total. The lowest BCUT2D eigenvalue weighted by Crippen LogP contribution is -2.08. The van der Waals surface area contributed by atoms with E-state index < -0.39 is 0 Å². The van der Waals surface area contributed by atoms with E-state index in [1.165, 1.54) is 6.07 Å². The molecule has 1 N–H and O–H groups in total. The lowest BCUT2D eigenvalue weighted by molar-refractivity contribution is 0.628. The van der Waals surface area contributed by atoms with Gasteiger partial charge in [0.15, 0.2) is 0 Å². The molecule has 4 heteroatoms. The van der Waals surface area contributed by atoms with E-state index in [1.54, 1.807) is 6.07 Å². The van der Waals surface area contributed by atoms with Gasteiger partial charge in [0.2, 0.25) is 0 Å². The predicted octanol–water partition coefficient (Wildman–Crippen LogP) is 3.63. The number of benzene rings is 2. The van der Waals surface area contributed by atoms with Gasteiger partial charge in [-0.15, -0.1) is 0 Å². The van der Waals surface area contributed by atoms with Gasteiger partial charge >= 0.3 is 0 Å². The summed E-state index contributed by atoms with van der Waals surface area (Å²) in [4.78, 5) is 4.56. The second-order valence-corrected chi connectivity index (χ2v) is 4.86. The van der Waals surface area contributed by atoms with E-state index in [0.717, 1.165) is 22.4 Å². The average molecular weight is 269 g/mol. The molecule has 0 spiro atoms. The number of aryl methyl sites for hydroxylation is 2. The van der Waals surface area contributed by atoms with Crippen LogP contribution in [0.25, 0.3) is 11.0 Å². The molecule has 0 unspecified atom stereocenters. The van der Waals surface area contributed by atoms with E-state index in [2.05, 4.69) is 10.3 Å². The Morgan fingerprint density at radius 3 is 2.70 bits per heavy atom. The van der Waals surface area contributed by atoms with Gasteiger partial charge in [-0.1, -0.05) is 24.3 Å². The molecule has 3 rings (SSSR count). The monoisotopic (exact) mass is 269 g/mol. The van der Waals surface area contributed by atoms with Gasteiger partial charge in [0, 0.05) is 7.05 Å². The number of anilines is 1. The highest BCUT2D eigenvalue weighted by Crippen LogP contribution is 2.20. The van der Waals surface area contributed by atoms with Crippen LogP contribution in [-0.2, 0) is 13.6 Å². The summed E-state index contributed by atoms with van der Waals surface area (Å²) in [5.74, 6) is 0.651. The SMILES string of the molecule is Cc1cccc(F)c1NCc1nc2ccccc2n1C. The minimum Gasteiger partial charge on any atom is -0.375 e. The first-order valence-electron chi connectivity index (χ1n) is 6.56. The Kier molecular flexibility index (Phi) is 3.14. The van der Waals surface area contributed by atoms with Crippen molar-refractivity contribution in [1.29, 1.82) is 0 Å². The van der Waals surface area contributed by atoms with Crippen LogP contribution >= 0.6 is 0 Å². The first kappa shape index (κ1) is 12.7. The summed E-state index contributed by atoms with van der Waals surface area (Å²) in [5.41, 5.74) is 3.47. The van der Waals surface area contributed by atoms with Crippen LogP contribution in [0.3, 0.4) is 0 Å². The van der Waals surface area contributed by atoms with Crippen LogP contribution in [0.5, 0.6) is 0 Å². The fraction of sp³-hybridized carbons (Fsp3) is 0.188. The number of nitrogens with one attached hydrogen (secondary N) is 1. The molecular weight excluding hydrogens is 253 g/mol. The van der Waals surface area contributed by atoms with E-state index in [1.807, 2.05) is 48.9 Å². The molecule has 0 atom stereocenters. The maximum atomic E-state index is 13.8. The van der Waals surface area contributed by atoms with Crippen LogP contribution in [0.1, 0.15) is 11.4 Å². The maximum Gasteiger partial charge on any atom is 0.146 e. The summed E-state index contributed by atoms with van der Waals surface area (Å²) in [6, 6.07) is 13.0. The Hall–Kier alpha value is -2.36. The van der Waals surface area contributed by atoms with Gasteiger partial charge in [-0.2, -0.15) is 0 Å². The Labute approximate surface area is 117 Å². The third-order valence-electron chi connectivity index (χ3n) is 3.52. The number of imidazole rings is 1. The Morgan fingerprint density at radius 1 is 1.15 bits per heavy atom. The molecule has 0 saturated carbocycles. The molecule has 0 aliphatic heterocycles. The molecule has 0 aliphatic rings. The molecule has 0 radical (unpaired) electrons. The zero-order valence-corrected chi connectivity index (χ0v) is 11.5. The summed E-state index contributed by atoms with van der Waals surface area (Å²) >= 11 is 0. The maximum absolute atomic E-state index is 13.8. The van der Waals surface area contributed by atoms with Gasteiger partial charge in [0.1, 0.15) is 11.6 Å². The van der Waals surface area contributed by atoms with Crippen molar-refractivity contribution in [3.63, 3.8) is 0 Å². The number of hydrogen-bond donors (Lipinski definition) is 1. The first-order chi connectivity index (χ1) is 9.66. The molecule has 102 valence electrons. The minimum absolute atomic E-state index is 0.233. The van der Waals surface area contributed by atoms with E-state index >= 15 is 0 Å². The zero-order valence-electron chi connectivity index (χ0n) is 11.5. The first-order valence-corrected chi connectivity index (χ1v) is 6.56. The predicted molar refractivity (Wildman–Crippen MR) is 79.2 cm³/mol. The molecule has 20 heavy (non-hydrogen) atoms. The van der Waals surface area contributed by atoms with Crippen molar-refractivity contribution in [2.24, 2.45) is 7.05 Å². The van der Waals surface area contributed by atoms with Crippen molar-refractivity contribution in [3.8, 4) is 0 Å². The van der Waals surface area contributed by atoms with E-state index in [9.17, 15) is 4.39 Å². The van der Waals surface area contributed by atoms with Crippen LogP contribution in [0, 0.1) is 12.7 Å². The number of rotatable bonds is 3. The molecule has 0 saturated heterocycles. The highest BCUT2D eigenvalue weighted by atomic mass is 19.1. The summed E-state index contributed by atoms with van der Waals surface area (Å²) in [5, 5.41) is 3.14. The number of aromatic nitrogens is 2. The molecule has 1 heterocycles. The van der Waals surface area contributed by atoms with Crippen molar-refractivity contribution >= 4 is 16.7 Å². The summed E-state index contributed by atoms with van der Waals surface area (Å²) in [7, 11) is 1.97. The van der Waals surface area contributed by atoms with Crippen LogP contribution in [-0.4, -0.2) is 9.55 Å². The van der Waals surface area contributed by atoms with Crippen molar-refractivity contribution < 1.29 is 4.39 Å². The standard InChI is InChI=1S/C16H16FN3/c1-11-6-5-7-12(17)16(11)18-10-15-19-13-8-3-4-9-14(13)20(15)2/h3-9,18H,10H2,1-2H3. The third kappa shape index (κ3) is 2.13. The second kappa shape index (κ2) is 4.96. The number of hydrogen-bond acceptors (Lipinski definition) is 2. The van der Waals surface area contributed by atoms with E-state index in [0.29, 0.717) is 12.2 Å². The van der Waals surface area contributed by atoms with Crippen LogP contribution in [0.15, 0.2) is 42.5 Å². The highest BCUT2D eigenvalue weighted by Gasteiger charge is 2.09. The van der Waals surface area contributed by atoms with Crippen molar-refractivity contribution in [3.05, 3.63) is 59.7 Å².